The molecule has 3 aliphatic heterocycles. The molecule has 344 valence electrons. The summed E-state index contributed by atoms with van der Waals surface area (Å²) < 4.78 is 21.2. The molecule has 0 bridgehead atoms. The number of benzene rings is 3. The largest absolute Gasteiger partial charge is 0.392 e. The standard InChI is InChI=1S/C49H56FN11O5/c1-29-22-36(10-11-41(29)61-17-14-42(63)53-48(61)65)59-15-12-31(13-16-59)27-58-18-20-60(21-19-58)35-8-6-32(7-9-35)33-23-39-43(55-56-44(39)51-26-33)38-24-34(28-62)37(25-40(38)50)30(2)52-45(64)46-54-47(57-66-46)49(3,4)5/h6-11,22-26,30-31,62H,12-21,27-28H2,1-5H3,(H,52,64)(H,51,55,56)(H,53,63,65)/t30-/m1/s1. The van der Waals surface area contributed by atoms with Gasteiger partial charge in [0.2, 0.25) is 5.91 Å². The summed E-state index contributed by atoms with van der Waals surface area (Å²) in [4.78, 5) is 54.9. The summed E-state index contributed by atoms with van der Waals surface area (Å²) in [7, 11) is 0. The number of carbonyl (C=O) groups excluding carboxylic acids is 3. The van der Waals surface area contributed by atoms with Crippen LogP contribution in [0.3, 0.4) is 0 Å². The Bertz CT molecular complexity index is 2770. The lowest BCUT2D eigenvalue weighted by Crippen LogP contribution is -2.49. The summed E-state index contributed by atoms with van der Waals surface area (Å²) >= 11 is 0. The van der Waals surface area contributed by atoms with Crippen molar-refractivity contribution >= 4 is 45.9 Å². The van der Waals surface area contributed by atoms with Gasteiger partial charge in [-0.1, -0.05) is 38.1 Å². The summed E-state index contributed by atoms with van der Waals surface area (Å²) in [6.07, 6.45) is 4.35. The molecule has 3 aliphatic rings. The summed E-state index contributed by atoms with van der Waals surface area (Å²) in [6.45, 7) is 16.4. The molecule has 3 saturated heterocycles. The number of nitrogens with zero attached hydrogens (tertiary/aromatic N) is 8. The first-order valence-electron chi connectivity index (χ1n) is 22.7. The van der Waals surface area contributed by atoms with Gasteiger partial charge < -0.3 is 24.7 Å². The molecule has 66 heavy (non-hydrogen) atoms. The third kappa shape index (κ3) is 9.22. The van der Waals surface area contributed by atoms with Crippen LogP contribution in [0.1, 0.15) is 86.2 Å². The Kier molecular flexibility index (Phi) is 12.3. The second-order valence-corrected chi connectivity index (χ2v) is 18.7. The Morgan fingerprint density at radius 3 is 2.35 bits per heavy atom. The van der Waals surface area contributed by atoms with Gasteiger partial charge in [-0.25, -0.2) is 14.2 Å². The number of pyridine rings is 1. The highest BCUT2D eigenvalue weighted by molar-refractivity contribution is 6.06. The molecule has 17 heteroatoms. The second-order valence-electron chi connectivity index (χ2n) is 18.7. The number of piperazine rings is 1. The predicted octanol–water partition coefficient (Wildman–Crippen LogP) is 6.89. The van der Waals surface area contributed by atoms with Gasteiger partial charge in [-0.3, -0.25) is 29.8 Å². The quantitative estimate of drug-likeness (QED) is 0.106. The number of amides is 4. The van der Waals surface area contributed by atoms with Gasteiger partial charge in [0.25, 0.3) is 0 Å². The van der Waals surface area contributed by atoms with Gasteiger partial charge in [0.05, 0.1) is 12.6 Å². The lowest BCUT2D eigenvalue weighted by molar-refractivity contribution is -0.120. The lowest BCUT2D eigenvalue weighted by Gasteiger charge is -2.40. The first-order valence-corrected chi connectivity index (χ1v) is 22.7. The van der Waals surface area contributed by atoms with Crippen LogP contribution >= 0.6 is 0 Å². The Morgan fingerprint density at radius 2 is 1.67 bits per heavy atom. The molecule has 0 unspecified atom stereocenters. The van der Waals surface area contributed by atoms with Gasteiger partial charge >= 0.3 is 17.8 Å². The third-order valence-electron chi connectivity index (χ3n) is 13.1. The molecule has 9 rings (SSSR count). The molecule has 4 amide bonds. The number of piperidine rings is 1. The number of fused-ring (bicyclic) bond motifs is 1. The van der Waals surface area contributed by atoms with E-state index < -0.39 is 29.8 Å². The van der Waals surface area contributed by atoms with Crippen LogP contribution in [-0.2, 0) is 16.8 Å². The number of aromatic amines is 1. The first-order chi connectivity index (χ1) is 31.7. The molecule has 6 aromatic rings. The van der Waals surface area contributed by atoms with Gasteiger partial charge in [0.15, 0.2) is 11.5 Å². The average molecular weight is 898 g/mol. The second kappa shape index (κ2) is 18.3. The smallest absolute Gasteiger partial charge is 0.328 e. The molecule has 0 saturated carbocycles. The average Bonchev–Trinajstić information content (AvgIpc) is 3.99. The number of hydrogen-bond donors (Lipinski definition) is 4. The Morgan fingerprint density at radius 1 is 0.939 bits per heavy atom. The summed E-state index contributed by atoms with van der Waals surface area (Å²) in [5, 5.41) is 27.5. The SMILES string of the molecule is Cc1cc(N2CCC(CN3CCN(c4ccc(-c5cnc6[nH]nc(-c7cc(CO)c([C@@H](C)NC(=O)c8nc(C(C)(C)C)no8)cc7F)c6c5)cc4)CC3)CC2)ccc1N1CCC(=O)NC1=O. The van der Waals surface area contributed by atoms with Crippen molar-refractivity contribution in [3.8, 4) is 22.4 Å². The van der Waals surface area contributed by atoms with Crippen molar-refractivity contribution in [1.82, 2.24) is 40.9 Å². The molecular formula is C49H56FN11O5. The number of aromatic nitrogens is 5. The predicted molar refractivity (Wildman–Crippen MR) is 250 cm³/mol. The van der Waals surface area contributed by atoms with E-state index in [1.54, 1.807) is 24.1 Å². The van der Waals surface area contributed by atoms with E-state index in [1.807, 2.05) is 39.8 Å². The molecule has 3 aromatic heterocycles. The molecular weight excluding hydrogens is 842 g/mol. The Balaban J connectivity index is 0.792. The van der Waals surface area contributed by atoms with E-state index in [0.717, 1.165) is 86.7 Å². The maximum Gasteiger partial charge on any atom is 0.328 e. The van der Waals surface area contributed by atoms with Crippen LogP contribution in [-0.4, -0.2) is 106 Å². The van der Waals surface area contributed by atoms with E-state index in [4.69, 9.17) is 4.52 Å². The number of aliphatic hydroxyl groups is 1. The van der Waals surface area contributed by atoms with E-state index in [2.05, 4.69) is 87.1 Å². The molecule has 3 fully saturated rings. The summed E-state index contributed by atoms with van der Waals surface area (Å²) in [5.41, 5.74) is 7.53. The zero-order valence-corrected chi connectivity index (χ0v) is 38.0. The van der Waals surface area contributed by atoms with Crippen LogP contribution in [0.2, 0.25) is 0 Å². The van der Waals surface area contributed by atoms with Crippen molar-refractivity contribution in [2.45, 2.75) is 71.9 Å². The number of imide groups is 1. The number of hydrogen-bond acceptors (Lipinski definition) is 12. The van der Waals surface area contributed by atoms with Crippen molar-refractivity contribution < 1.29 is 28.4 Å². The maximum atomic E-state index is 16.0. The number of rotatable bonds is 11. The van der Waals surface area contributed by atoms with E-state index in [-0.39, 0.29) is 23.4 Å². The molecule has 4 N–H and O–H groups in total. The number of urea groups is 1. The highest BCUT2D eigenvalue weighted by Crippen LogP contribution is 2.35. The number of nitrogens with one attached hydrogen (secondary N) is 3. The van der Waals surface area contributed by atoms with Crippen LogP contribution in [0.15, 0.2) is 71.4 Å². The van der Waals surface area contributed by atoms with Gasteiger partial charge in [0, 0.05) is 104 Å². The zero-order valence-electron chi connectivity index (χ0n) is 38.0. The normalized spacial score (nSPS) is 17.1. The molecule has 6 heterocycles. The van der Waals surface area contributed by atoms with Crippen molar-refractivity contribution in [3.63, 3.8) is 0 Å². The minimum Gasteiger partial charge on any atom is -0.392 e. The highest BCUT2D eigenvalue weighted by atomic mass is 19.1. The number of carbonyl (C=O) groups is 3. The van der Waals surface area contributed by atoms with Crippen LogP contribution < -0.4 is 25.3 Å². The molecule has 1 atom stereocenters. The van der Waals surface area contributed by atoms with Gasteiger partial charge in [-0.15, -0.1) is 0 Å². The Labute approximate surface area is 382 Å². The number of aryl methyl sites for hydroxylation is 1. The maximum absolute atomic E-state index is 16.0. The Hall–Kier alpha value is -6.72. The van der Waals surface area contributed by atoms with E-state index in [9.17, 15) is 19.5 Å². The number of aliphatic hydroxyl groups excluding tert-OH is 1. The van der Waals surface area contributed by atoms with E-state index in [0.29, 0.717) is 52.6 Å². The fourth-order valence-corrected chi connectivity index (χ4v) is 9.30. The number of halogens is 1. The summed E-state index contributed by atoms with van der Waals surface area (Å²) in [6, 6.07) is 18.5. The van der Waals surface area contributed by atoms with Crippen molar-refractivity contribution in [2.24, 2.45) is 5.92 Å². The van der Waals surface area contributed by atoms with Crippen molar-refractivity contribution in [1.29, 1.82) is 0 Å². The fourth-order valence-electron chi connectivity index (χ4n) is 9.30. The topological polar surface area (TPSA) is 189 Å². The molecule has 16 nitrogen and oxygen atoms in total. The highest BCUT2D eigenvalue weighted by Gasteiger charge is 2.29. The van der Waals surface area contributed by atoms with Crippen LogP contribution in [0.4, 0.5) is 26.2 Å². The van der Waals surface area contributed by atoms with Gasteiger partial charge in [-0.05, 0) is 103 Å². The molecule has 0 radical (unpaired) electrons. The first kappa shape index (κ1) is 44.5. The third-order valence-corrected chi connectivity index (χ3v) is 13.1. The number of anilines is 3. The molecule has 0 aliphatic carbocycles. The van der Waals surface area contributed by atoms with Crippen LogP contribution in [0, 0.1) is 18.7 Å². The lowest BCUT2D eigenvalue weighted by atomic mass is 9.95. The number of H-pyrrole nitrogens is 1. The minimum absolute atomic E-state index is 0.195. The van der Waals surface area contributed by atoms with Crippen molar-refractivity contribution in [3.05, 3.63) is 101 Å². The monoisotopic (exact) mass is 897 g/mol. The summed E-state index contributed by atoms with van der Waals surface area (Å²) in [5.74, 6) is -0.550. The van der Waals surface area contributed by atoms with Crippen LogP contribution in [0.25, 0.3) is 33.4 Å². The van der Waals surface area contributed by atoms with Gasteiger partial charge in [-0.2, -0.15) is 10.1 Å². The van der Waals surface area contributed by atoms with Gasteiger partial charge in [0.1, 0.15) is 11.5 Å². The van der Waals surface area contributed by atoms with E-state index in [1.165, 1.54) is 11.8 Å². The van der Waals surface area contributed by atoms with E-state index >= 15 is 4.39 Å². The van der Waals surface area contributed by atoms with Crippen LogP contribution in [0.5, 0.6) is 0 Å². The molecule has 0 spiro atoms. The molecule has 3 aromatic carbocycles. The zero-order chi connectivity index (χ0) is 46.3. The van der Waals surface area contributed by atoms with Crippen molar-refractivity contribution in [2.75, 3.05) is 67.1 Å². The fraction of sp³-hybridized carbons (Fsp3) is 0.408. The minimum atomic E-state index is -0.685.